The summed E-state index contributed by atoms with van der Waals surface area (Å²) in [6.07, 6.45) is 1.56. The number of aromatic nitrogens is 2. The third-order valence-electron chi connectivity index (χ3n) is 3.72. The van der Waals surface area contributed by atoms with Crippen LogP contribution in [0.3, 0.4) is 0 Å². The second-order valence-corrected chi connectivity index (χ2v) is 5.32. The van der Waals surface area contributed by atoms with Crippen molar-refractivity contribution in [3.8, 4) is 0 Å². The molecule has 5 nitrogen and oxygen atoms in total. The summed E-state index contributed by atoms with van der Waals surface area (Å²) in [6.45, 7) is 2.20. The van der Waals surface area contributed by atoms with Gasteiger partial charge >= 0.3 is 0 Å². The van der Waals surface area contributed by atoms with E-state index in [1.807, 2.05) is 0 Å². The molecule has 1 aromatic carbocycles. The molecular weight excluding hydrogens is 309 g/mol. The van der Waals surface area contributed by atoms with E-state index < -0.39 is 17.3 Å². The molecule has 0 aliphatic carbocycles. The van der Waals surface area contributed by atoms with Gasteiger partial charge in [-0.1, -0.05) is 18.2 Å². The summed E-state index contributed by atoms with van der Waals surface area (Å²) in [4.78, 5) is 29.1. The number of amides is 1. The number of carbonyl (C=O) groups excluding carboxylic acids is 1. The Morgan fingerprint density at radius 3 is 2.79 bits per heavy atom. The van der Waals surface area contributed by atoms with Gasteiger partial charge in [0.05, 0.1) is 6.54 Å². The largest absolute Gasteiger partial charge is 0.352 e. The van der Waals surface area contributed by atoms with Crippen molar-refractivity contribution < 1.29 is 9.18 Å². The number of nitrogens with one attached hydrogen (secondary N) is 1. The first-order valence-electron chi connectivity index (χ1n) is 7.62. The normalized spacial score (nSPS) is 10.8. The lowest BCUT2D eigenvalue weighted by Crippen LogP contribution is -2.33. The van der Waals surface area contributed by atoms with E-state index in [0.717, 1.165) is 0 Å². The van der Waals surface area contributed by atoms with E-state index in [4.69, 9.17) is 0 Å². The van der Waals surface area contributed by atoms with Crippen LogP contribution in [-0.4, -0.2) is 22.0 Å². The minimum atomic E-state index is -0.490. The van der Waals surface area contributed by atoms with Crippen molar-refractivity contribution in [3.05, 3.63) is 76.0 Å². The molecule has 3 aromatic rings. The zero-order valence-corrected chi connectivity index (χ0v) is 13.1. The Morgan fingerprint density at radius 2 is 2.04 bits per heavy atom. The minimum absolute atomic E-state index is 0.00622. The molecule has 1 amide bonds. The molecule has 0 radical (unpaired) electrons. The minimum Gasteiger partial charge on any atom is -0.352 e. The summed E-state index contributed by atoms with van der Waals surface area (Å²) in [5.41, 5.74) is 0.308. The molecule has 2 heterocycles. The molecule has 3 rings (SSSR count). The van der Waals surface area contributed by atoms with Gasteiger partial charge in [-0.2, -0.15) is 0 Å². The second-order valence-electron chi connectivity index (χ2n) is 5.32. The molecule has 0 unspecified atom stereocenters. The van der Waals surface area contributed by atoms with Crippen molar-refractivity contribution in [1.82, 2.24) is 14.9 Å². The number of fused-ring (bicyclic) bond motifs is 1. The number of rotatable bonds is 4. The number of hydrogen-bond acceptors (Lipinski definition) is 3. The van der Waals surface area contributed by atoms with E-state index in [9.17, 15) is 14.0 Å². The quantitative estimate of drug-likeness (QED) is 0.801. The van der Waals surface area contributed by atoms with Crippen LogP contribution in [0.15, 0.2) is 53.5 Å². The summed E-state index contributed by atoms with van der Waals surface area (Å²) >= 11 is 0. The maximum Gasteiger partial charge on any atom is 0.265 e. The Bertz CT molecular complexity index is 966. The maximum absolute atomic E-state index is 14.0. The molecule has 0 bridgehead atoms. The van der Waals surface area contributed by atoms with E-state index in [1.54, 1.807) is 43.5 Å². The third-order valence-corrected chi connectivity index (χ3v) is 3.72. The van der Waals surface area contributed by atoms with Crippen LogP contribution < -0.4 is 10.9 Å². The van der Waals surface area contributed by atoms with Gasteiger partial charge in [-0.25, -0.2) is 9.37 Å². The molecule has 0 aliphatic rings. The fraction of sp³-hybridized carbons (Fsp3) is 0.167. The highest BCUT2D eigenvalue weighted by molar-refractivity contribution is 5.96. The van der Waals surface area contributed by atoms with Gasteiger partial charge in [0.25, 0.3) is 11.5 Å². The van der Waals surface area contributed by atoms with Gasteiger partial charge in [0.1, 0.15) is 17.0 Å². The molecule has 6 heteroatoms. The van der Waals surface area contributed by atoms with Crippen molar-refractivity contribution in [2.75, 3.05) is 6.54 Å². The van der Waals surface area contributed by atoms with E-state index in [0.29, 0.717) is 23.1 Å². The van der Waals surface area contributed by atoms with Gasteiger partial charge in [-0.15, -0.1) is 0 Å². The molecule has 0 aliphatic heterocycles. The zero-order chi connectivity index (χ0) is 17.1. The first-order valence-corrected chi connectivity index (χ1v) is 7.62. The molecule has 0 fully saturated rings. The van der Waals surface area contributed by atoms with Gasteiger partial charge in [-0.05, 0) is 31.2 Å². The zero-order valence-electron chi connectivity index (χ0n) is 13.1. The SMILES string of the molecule is CCNC(=O)c1cc2cccnc2n(Cc2ccccc2F)c1=O. The molecular formula is C18H16FN3O2. The number of pyridine rings is 2. The van der Waals surface area contributed by atoms with E-state index in [1.165, 1.54) is 16.7 Å². The Kier molecular flexibility index (Phi) is 4.37. The average molecular weight is 325 g/mol. The van der Waals surface area contributed by atoms with Crippen LogP contribution in [0.1, 0.15) is 22.8 Å². The molecule has 0 atom stereocenters. The lowest BCUT2D eigenvalue weighted by atomic mass is 10.1. The predicted octanol–water partition coefficient (Wildman–Crippen LogP) is 2.33. The molecule has 0 spiro atoms. The highest BCUT2D eigenvalue weighted by Gasteiger charge is 2.16. The standard InChI is InChI=1S/C18H16FN3O2/c1-2-20-17(23)14-10-12-7-5-9-21-16(12)22(18(14)24)11-13-6-3-4-8-15(13)19/h3-10H,2,11H2,1H3,(H,20,23). The van der Waals surface area contributed by atoms with Gasteiger partial charge in [-0.3, -0.25) is 14.2 Å². The van der Waals surface area contributed by atoms with E-state index in [-0.39, 0.29) is 12.1 Å². The van der Waals surface area contributed by atoms with Crippen molar-refractivity contribution in [2.45, 2.75) is 13.5 Å². The Hall–Kier alpha value is -3.02. The van der Waals surface area contributed by atoms with Gasteiger partial charge in [0, 0.05) is 23.7 Å². The fourth-order valence-electron chi connectivity index (χ4n) is 2.57. The van der Waals surface area contributed by atoms with Gasteiger partial charge < -0.3 is 5.32 Å². The Morgan fingerprint density at radius 1 is 1.25 bits per heavy atom. The summed E-state index contributed by atoms with van der Waals surface area (Å²) in [6, 6.07) is 11.2. The molecule has 122 valence electrons. The highest BCUT2D eigenvalue weighted by Crippen LogP contribution is 2.14. The van der Waals surface area contributed by atoms with Crippen LogP contribution in [0.2, 0.25) is 0 Å². The first-order chi connectivity index (χ1) is 11.6. The number of nitrogens with zero attached hydrogens (tertiary/aromatic N) is 2. The predicted molar refractivity (Wildman–Crippen MR) is 89.5 cm³/mol. The van der Waals surface area contributed by atoms with Crippen molar-refractivity contribution in [3.63, 3.8) is 0 Å². The topological polar surface area (TPSA) is 64.0 Å². The van der Waals surface area contributed by atoms with Crippen LogP contribution >= 0.6 is 0 Å². The molecule has 24 heavy (non-hydrogen) atoms. The summed E-state index contributed by atoms with van der Waals surface area (Å²) in [5.74, 6) is -0.854. The summed E-state index contributed by atoms with van der Waals surface area (Å²) in [7, 11) is 0. The van der Waals surface area contributed by atoms with Crippen LogP contribution in [0.5, 0.6) is 0 Å². The average Bonchev–Trinajstić information content (AvgIpc) is 2.59. The lowest BCUT2D eigenvalue weighted by Gasteiger charge is -2.12. The van der Waals surface area contributed by atoms with Crippen LogP contribution in [0.4, 0.5) is 4.39 Å². The maximum atomic E-state index is 14.0. The monoisotopic (exact) mass is 325 g/mol. The number of halogens is 1. The smallest absolute Gasteiger partial charge is 0.265 e. The number of hydrogen-bond donors (Lipinski definition) is 1. The second kappa shape index (κ2) is 6.62. The van der Waals surface area contributed by atoms with Crippen LogP contribution in [0.25, 0.3) is 11.0 Å². The van der Waals surface area contributed by atoms with Crippen LogP contribution in [-0.2, 0) is 6.54 Å². The Balaban J connectivity index is 2.21. The van der Waals surface area contributed by atoms with Gasteiger partial charge in [0.15, 0.2) is 0 Å². The number of carbonyl (C=O) groups is 1. The molecule has 0 saturated heterocycles. The van der Waals surface area contributed by atoms with Crippen molar-refractivity contribution >= 4 is 16.9 Å². The van der Waals surface area contributed by atoms with E-state index in [2.05, 4.69) is 10.3 Å². The summed E-state index contributed by atoms with van der Waals surface area (Å²) < 4.78 is 15.3. The van der Waals surface area contributed by atoms with Crippen LogP contribution in [0, 0.1) is 5.82 Å². The fourth-order valence-corrected chi connectivity index (χ4v) is 2.57. The van der Waals surface area contributed by atoms with Crippen molar-refractivity contribution in [1.29, 1.82) is 0 Å². The molecule has 1 N–H and O–H groups in total. The summed E-state index contributed by atoms with van der Waals surface area (Å²) in [5, 5.41) is 3.27. The molecule has 0 saturated carbocycles. The molecule has 2 aromatic heterocycles. The first kappa shape index (κ1) is 15.9. The lowest BCUT2D eigenvalue weighted by molar-refractivity contribution is 0.0954. The van der Waals surface area contributed by atoms with Gasteiger partial charge in [0.2, 0.25) is 0 Å². The third kappa shape index (κ3) is 2.90. The van der Waals surface area contributed by atoms with E-state index >= 15 is 0 Å². The Labute approximate surface area is 137 Å². The van der Waals surface area contributed by atoms with Crippen molar-refractivity contribution in [2.24, 2.45) is 0 Å². The highest BCUT2D eigenvalue weighted by atomic mass is 19.1. The number of benzene rings is 1.